The monoisotopic (exact) mass is 284 g/mol. The fourth-order valence-electron chi connectivity index (χ4n) is 3.69. The Morgan fingerprint density at radius 2 is 1.81 bits per heavy atom. The largest absolute Gasteiger partial charge is 0.0844 e. The molecule has 0 radical (unpaired) electrons. The van der Waals surface area contributed by atoms with Gasteiger partial charge in [0, 0.05) is 5.92 Å². The van der Waals surface area contributed by atoms with Crippen LogP contribution in [0.4, 0.5) is 0 Å². The predicted octanol–water partition coefficient (Wildman–Crippen LogP) is 6.73. The summed E-state index contributed by atoms with van der Waals surface area (Å²) in [7, 11) is 0. The number of hydrogen-bond donors (Lipinski definition) is 0. The van der Waals surface area contributed by atoms with E-state index in [2.05, 4.69) is 57.2 Å². The minimum absolute atomic E-state index is 0.603. The van der Waals surface area contributed by atoms with Gasteiger partial charge in [-0.1, -0.05) is 82.0 Å². The molecular weight excluding hydrogens is 252 g/mol. The van der Waals surface area contributed by atoms with Gasteiger partial charge in [-0.25, -0.2) is 0 Å². The molecule has 1 aromatic carbocycles. The zero-order valence-electron chi connectivity index (χ0n) is 14.1. The van der Waals surface area contributed by atoms with Crippen molar-refractivity contribution < 1.29 is 0 Å². The van der Waals surface area contributed by atoms with E-state index in [1.165, 1.54) is 50.5 Å². The Morgan fingerprint density at radius 1 is 1.10 bits per heavy atom. The molecule has 0 aromatic heterocycles. The lowest BCUT2D eigenvalue weighted by atomic mass is 9.79. The normalized spacial score (nSPS) is 20.4. The average Bonchev–Trinajstić information content (AvgIpc) is 2.56. The second-order valence-corrected chi connectivity index (χ2v) is 6.81. The quantitative estimate of drug-likeness (QED) is 0.487. The first-order valence-electron chi connectivity index (χ1n) is 8.98. The number of benzene rings is 1. The molecule has 0 saturated carbocycles. The summed E-state index contributed by atoms with van der Waals surface area (Å²) in [6, 6.07) is 11.0. The van der Waals surface area contributed by atoms with Crippen LogP contribution in [0.25, 0.3) is 0 Å². The predicted molar refractivity (Wildman–Crippen MR) is 93.6 cm³/mol. The Kier molecular flexibility index (Phi) is 6.54. The molecule has 0 spiro atoms. The van der Waals surface area contributed by atoms with E-state index in [0.717, 1.165) is 11.8 Å². The first-order chi connectivity index (χ1) is 10.2. The molecule has 1 aliphatic carbocycles. The molecule has 0 nitrogen and oxygen atoms in total. The van der Waals surface area contributed by atoms with Crippen molar-refractivity contribution >= 4 is 0 Å². The summed E-state index contributed by atoms with van der Waals surface area (Å²) >= 11 is 0. The molecule has 1 aromatic rings. The molecule has 0 N–H and O–H groups in total. The second-order valence-electron chi connectivity index (χ2n) is 6.81. The van der Waals surface area contributed by atoms with E-state index in [9.17, 15) is 0 Å². The van der Waals surface area contributed by atoms with E-state index in [4.69, 9.17) is 0 Å². The SMILES string of the molecule is CCC(CC)CCC1CC=C(C(C)c2ccccc2)CC1. The van der Waals surface area contributed by atoms with E-state index in [-0.39, 0.29) is 0 Å². The summed E-state index contributed by atoms with van der Waals surface area (Å²) in [6.07, 6.45) is 12.2. The van der Waals surface area contributed by atoms with Crippen molar-refractivity contribution in [3.8, 4) is 0 Å². The van der Waals surface area contributed by atoms with Crippen LogP contribution in [0.1, 0.15) is 77.2 Å². The molecule has 0 aliphatic heterocycles. The highest BCUT2D eigenvalue weighted by Crippen LogP contribution is 2.35. The highest BCUT2D eigenvalue weighted by Gasteiger charge is 2.19. The van der Waals surface area contributed by atoms with Crippen molar-refractivity contribution in [1.82, 2.24) is 0 Å². The third kappa shape index (κ3) is 4.73. The summed E-state index contributed by atoms with van der Waals surface area (Å²) in [5.74, 6) is 2.50. The molecule has 0 heterocycles. The minimum atomic E-state index is 0.603. The molecule has 0 bridgehead atoms. The van der Waals surface area contributed by atoms with E-state index in [1.54, 1.807) is 5.57 Å². The van der Waals surface area contributed by atoms with Crippen LogP contribution in [0.5, 0.6) is 0 Å². The first kappa shape index (κ1) is 16.3. The maximum absolute atomic E-state index is 2.55. The van der Waals surface area contributed by atoms with Gasteiger partial charge in [-0.15, -0.1) is 0 Å². The summed E-state index contributed by atoms with van der Waals surface area (Å²) in [5.41, 5.74) is 3.14. The maximum atomic E-state index is 2.55. The van der Waals surface area contributed by atoms with Crippen molar-refractivity contribution in [3.63, 3.8) is 0 Å². The van der Waals surface area contributed by atoms with E-state index < -0.39 is 0 Å². The molecule has 0 saturated heterocycles. The molecule has 2 rings (SSSR count). The molecule has 0 fully saturated rings. The van der Waals surface area contributed by atoms with Gasteiger partial charge in [0.25, 0.3) is 0 Å². The molecule has 21 heavy (non-hydrogen) atoms. The lowest BCUT2D eigenvalue weighted by Gasteiger charge is -2.26. The number of hydrogen-bond acceptors (Lipinski definition) is 0. The van der Waals surface area contributed by atoms with Crippen LogP contribution < -0.4 is 0 Å². The van der Waals surface area contributed by atoms with Gasteiger partial charge in [0.15, 0.2) is 0 Å². The highest BCUT2D eigenvalue weighted by atomic mass is 14.2. The Hall–Kier alpha value is -1.04. The standard InChI is InChI=1S/C21H32/c1-4-18(5-2)11-12-19-13-15-21(16-14-19)17(3)20-9-7-6-8-10-20/h6-10,15,17-19H,4-5,11-14,16H2,1-3H3. The van der Waals surface area contributed by atoms with Gasteiger partial charge in [-0.2, -0.15) is 0 Å². The van der Waals surface area contributed by atoms with Gasteiger partial charge < -0.3 is 0 Å². The topological polar surface area (TPSA) is 0 Å². The summed E-state index contributed by atoms with van der Waals surface area (Å²) in [5, 5.41) is 0. The van der Waals surface area contributed by atoms with Crippen LogP contribution in [-0.4, -0.2) is 0 Å². The molecule has 0 amide bonds. The number of allylic oxidation sites excluding steroid dienone is 2. The fraction of sp³-hybridized carbons (Fsp3) is 0.619. The van der Waals surface area contributed by atoms with E-state index >= 15 is 0 Å². The van der Waals surface area contributed by atoms with Crippen LogP contribution in [0.3, 0.4) is 0 Å². The van der Waals surface area contributed by atoms with Crippen molar-refractivity contribution in [3.05, 3.63) is 47.5 Å². The van der Waals surface area contributed by atoms with Crippen LogP contribution in [-0.2, 0) is 0 Å². The Labute approximate surface area is 131 Å². The van der Waals surface area contributed by atoms with Gasteiger partial charge in [-0.05, 0) is 43.1 Å². The molecule has 2 atom stereocenters. The lowest BCUT2D eigenvalue weighted by molar-refractivity contribution is 0.354. The van der Waals surface area contributed by atoms with Gasteiger partial charge in [-0.3, -0.25) is 0 Å². The van der Waals surface area contributed by atoms with Gasteiger partial charge >= 0.3 is 0 Å². The summed E-state index contributed by atoms with van der Waals surface area (Å²) in [6.45, 7) is 7.05. The molecule has 0 heteroatoms. The van der Waals surface area contributed by atoms with Crippen molar-refractivity contribution in [2.24, 2.45) is 11.8 Å². The zero-order valence-corrected chi connectivity index (χ0v) is 14.1. The van der Waals surface area contributed by atoms with Gasteiger partial charge in [0.2, 0.25) is 0 Å². The molecular formula is C21H32. The van der Waals surface area contributed by atoms with Gasteiger partial charge in [0.1, 0.15) is 0 Å². The Balaban J connectivity index is 1.84. The number of rotatable bonds is 7. The second kappa shape index (κ2) is 8.41. The van der Waals surface area contributed by atoms with Crippen molar-refractivity contribution in [2.45, 2.75) is 71.6 Å². The Morgan fingerprint density at radius 3 is 2.38 bits per heavy atom. The van der Waals surface area contributed by atoms with E-state index in [0.29, 0.717) is 5.92 Å². The van der Waals surface area contributed by atoms with Crippen LogP contribution in [0.2, 0.25) is 0 Å². The van der Waals surface area contributed by atoms with Crippen LogP contribution in [0.15, 0.2) is 42.0 Å². The molecule has 2 unspecified atom stereocenters. The summed E-state index contributed by atoms with van der Waals surface area (Å²) < 4.78 is 0. The summed E-state index contributed by atoms with van der Waals surface area (Å²) in [4.78, 5) is 0. The Bertz CT molecular complexity index is 425. The molecule has 1 aliphatic rings. The lowest BCUT2D eigenvalue weighted by Crippen LogP contribution is -2.11. The third-order valence-corrected chi connectivity index (χ3v) is 5.55. The minimum Gasteiger partial charge on any atom is -0.0844 e. The van der Waals surface area contributed by atoms with Crippen LogP contribution >= 0.6 is 0 Å². The smallest absolute Gasteiger partial charge is 0.00198 e. The first-order valence-corrected chi connectivity index (χ1v) is 8.98. The average molecular weight is 284 g/mol. The van der Waals surface area contributed by atoms with E-state index in [1.807, 2.05) is 0 Å². The third-order valence-electron chi connectivity index (χ3n) is 5.55. The zero-order chi connectivity index (χ0) is 15.1. The maximum Gasteiger partial charge on any atom is 0.00198 e. The molecule has 116 valence electrons. The van der Waals surface area contributed by atoms with Gasteiger partial charge in [0.05, 0.1) is 0 Å². The fourth-order valence-corrected chi connectivity index (χ4v) is 3.69. The highest BCUT2D eigenvalue weighted by molar-refractivity contribution is 5.28. The van der Waals surface area contributed by atoms with Crippen molar-refractivity contribution in [2.75, 3.05) is 0 Å². The van der Waals surface area contributed by atoms with Crippen molar-refractivity contribution in [1.29, 1.82) is 0 Å². The van der Waals surface area contributed by atoms with Crippen LogP contribution in [0, 0.1) is 11.8 Å².